The highest BCUT2D eigenvalue weighted by molar-refractivity contribution is 5.86. The minimum atomic E-state index is -2.83. The second-order valence-electron chi connectivity index (χ2n) is 5.82. The third-order valence-corrected chi connectivity index (χ3v) is 3.75. The van der Waals surface area contributed by atoms with Crippen LogP contribution < -0.4 is 5.32 Å². The Morgan fingerprint density at radius 2 is 1.88 bits per heavy atom. The molecule has 0 bridgehead atoms. The monoisotopic (exact) mass is 340 g/mol. The zero-order chi connectivity index (χ0) is 17.4. The van der Waals surface area contributed by atoms with Gasteiger partial charge in [0.1, 0.15) is 0 Å². The summed E-state index contributed by atoms with van der Waals surface area (Å²) < 4.78 is 27.5. The summed E-state index contributed by atoms with van der Waals surface area (Å²) in [5.41, 5.74) is 4.28. The van der Waals surface area contributed by atoms with Crippen molar-refractivity contribution in [3.8, 4) is 11.1 Å². The summed E-state index contributed by atoms with van der Waals surface area (Å²) in [6.45, 7) is 0.324. The molecule has 0 fully saturated rings. The highest BCUT2D eigenvalue weighted by Gasteiger charge is 2.21. The average Bonchev–Trinajstić information content (AvgIpc) is 3.02. The Morgan fingerprint density at radius 1 is 1.08 bits per heavy atom. The zero-order valence-electron chi connectivity index (χ0n) is 13.3. The number of fused-ring (bicyclic) bond motifs is 2. The van der Waals surface area contributed by atoms with E-state index in [1.165, 1.54) is 0 Å². The van der Waals surface area contributed by atoms with Crippen LogP contribution >= 0.6 is 0 Å². The Hall–Kier alpha value is -3.16. The summed E-state index contributed by atoms with van der Waals surface area (Å²) in [5, 5.41) is 6.76. The van der Waals surface area contributed by atoms with Gasteiger partial charge >= 0.3 is 0 Å². The van der Waals surface area contributed by atoms with E-state index in [9.17, 15) is 8.78 Å². The lowest BCUT2D eigenvalue weighted by Gasteiger charge is -2.11. The van der Waals surface area contributed by atoms with Crippen molar-refractivity contribution in [2.24, 2.45) is 0 Å². The fraction of sp³-hybridized carbons (Fsp3) is 0.176. The molecule has 126 valence electrons. The number of benzene rings is 1. The molecule has 1 N–H and O–H groups in total. The molecule has 0 aliphatic rings. The van der Waals surface area contributed by atoms with Crippen LogP contribution in [-0.4, -0.2) is 37.0 Å². The number of hydrogen-bond acceptors (Lipinski definition) is 5. The Labute approximate surface area is 141 Å². The van der Waals surface area contributed by atoms with Crippen LogP contribution in [0.15, 0.2) is 49.1 Å². The number of rotatable bonds is 4. The van der Waals surface area contributed by atoms with Gasteiger partial charge in [0.15, 0.2) is 0 Å². The molecule has 3 heterocycles. The van der Waals surface area contributed by atoms with Gasteiger partial charge in [0.25, 0.3) is 5.92 Å². The van der Waals surface area contributed by atoms with Crippen LogP contribution in [0.25, 0.3) is 27.7 Å². The van der Waals surface area contributed by atoms with Crippen molar-refractivity contribution in [1.29, 1.82) is 0 Å². The van der Waals surface area contributed by atoms with E-state index >= 15 is 0 Å². The number of hydrogen-bond donors (Lipinski definition) is 1. The summed E-state index contributed by atoms with van der Waals surface area (Å²) in [6.07, 6.45) is 6.67. The average molecular weight is 340 g/mol. The van der Waals surface area contributed by atoms with Crippen LogP contribution in [0.4, 0.5) is 14.7 Å². The number of anilines is 1. The van der Waals surface area contributed by atoms with E-state index < -0.39 is 12.5 Å². The molecule has 1 aromatic carbocycles. The van der Waals surface area contributed by atoms with Gasteiger partial charge in [-0.2, -0.15) is 0 Å². The van der Waals surface area contributed by atoms with Gasteiger partial charge in [-0.1, -0.05) is 6.07 Å². The van der Waals surface area contributed by atoms with E-state index in [0.717, 1.165) is 34.6 Å². The first-order chi connectivity index (χ1) is 12.0. The van der Waals surface area contributed by atoms with Gasteiger partial charge in [-0.15, -0.1) is 5.10 Å². The van der Waals surface area contributed by atoms with Crippen LogP contribution in [0.5, 0.6) is 0 Å². The summed E-state index contributed by atoms with van der Waals surface area (Å²) in [5.74, 6) is -2.67. The molecular weight excluding hydrogens is 326 g/mol. The molecule has 0 saturated carbocycles. The molecule has 0 radical (unpaired) electrons. The first kappa shape index (κ1) is 15.4. The number of nitrogens with zero attached hydrogens (tertiary/aromatic N) is 5. The highest BCUT2D eigenvalue weighted by Crippen LogP contribution is 2.27. The lowest BCUT2D eigenvalue weighted by Crippen LogP contribution is -2.24. The smallest absolute Gasteiger partial charge is 0.262 e. The summed E-state index contributed by atoms with van der Waals surface area (Å²) in [6, 6.07) is 7.71. The van der Waals surface area contributed by atoms with Crippen LogP contribution in [-0.2, 0) is 0 Å². The third-order valence-electron chi connectivity index (χ3n) is 3.75. The summed E-state index contributed by atoms with van der Waals surface area (Å²) in [4.78, 5) is 12.7. The standard InChI is InChI=1S/C17H14F2N6/c1-17(18,19)10-23-16-22-9-15-12(4-7-25(15)24-16)11-2-3-13-14(8-11)21-6-5-20-13/h2-9H,10H2,1H3,(H,23,24). The molecular formula is C17H14F2N6. The van der Waals surface area contributed by atoms with Crippen LogP contribution in [0.2, 0.25) is 0 Å². The molecule has 0 atom stereocenters. The summed E-state index contributed by atoms with van der Waals surface area (Å²) in [7, 11) is 0. The highest BCUT2D eigenvalue weighted by atomic mass is 19.3. The maximum atomic E-state index is 12.9. The number of aromatic nitrogens is 5. The molecule has 4 rings (SSSR count). The molecule has 0 unspecified atom stereocenters. The van der Waals surface area contributed by atoms with Crippen LogP contribution in [0.1, 0.15) is 6.92 Å². The normalized spacial score (nSPS) is 12.0. The Morgan fingerprint density at radius 3 is 2.68 bits per heavy atom. The predicted octanol–water partition coefficient (Wildman–Crippen LogP) is 3.41. The van der Waals surface area contributed by atoms with E-state index in [1.54, 1.807) is 29.3 Å². The molecule has 6 nitrogen and oxygen atoms in total. The van der Waals surface area contributed by atoms with Gasteiger partial charge in [0.05, 0.1) is 29.3 Å². The maximum Gasteiger partial charge on any atom is 0.262 e. The van der Waals surface area contributed by atoms with Crippen molar-refractivity contribution in [2.75, 3.05) is 11.9 Å². The molecule has 8 heteroatoms. The Kier molecular flexibility index (Phi) is 3.52. The molecule has 25 heavy (non-hydrogen) atoms. The fourth-order valence-corrected chi connectivity index (χ4v) is 2.59. The second kappa shape index (κ2) is 5.73. The van der Waals surface area contributed by atoms with Crippen molar-refractivity contribution in [1.82, 2.24) is 24.6 Å². The number of nitrogens with one attached hydrogen (secondary N) is 1. The number of halogens is 2. The third kappa shape index (κ3) is 3.10. The van der Waals surface area contributed by atoms with Gasteiger partial charge in [-0.3, -0.25) is 9.97 Å². The zero-order valence-corrected chi connectivity index (χ0v) is 13.3. The molecule has 4 aromatic rings. The second-order valence-corrected chi connectivity index (χ2v) is 5.82. The van der Waals surface area contributed by atoms with Crippen molar-refractivity contribution in [3.05, 3.63) is 49.1 Å². The minimum absolute atomic E-state index is 0.153. The van der Waals surface area contributed by atoms with Crippen molar-refractivity contribution in [3.63, 3.8) is 0 Å². The van der Waals surface area contributed by atoms with Gasteiger partial charge < -0.3 is 5.32 Å². The lowest BCUT2D eigenvalue weighted by molar-refractivity contribution is 0.0365. The topological polar surface area (TPSA) is 68.0 Å². The molecule has 0 spiro atoms. The fourth-order valence-electron chi connectivity index (χ4n) is 2.59. The van der Waals surface area contributed by atoms with Gasteiger partial charge in [0, 0.05) is 31.1 Å². The van der Waals surface area contributed by atoms with E-state index in [2.05, 4.69) is 25.4 Å². The SMILES string of the molecule is CC(F)(F)CNc1ncc2c(-c3ccc4nccnc4c3)ccn2n1. The van der Waals surface area contributed by atoms with Crippen molar-refractivity contribution >= 4 is 22.5 Å². The Balaban J connectivity index is 1.70. The first-order valence-corrected chi connectivity index (χ1v) is 7.67. The van der Waals surface area contributed by atoms with Crippen molar-refractivity contribution in [2.45, 2.75) is 12.8 Å². The maximum absolute atomic E-state index is 12.9. The van der Waals surface area contributed by atoms with E-state index in [0.29, 0.717) is 0 Å². The molecule has 0 aliphatic carbocycles. The molecule has 3 aromatic heterocycles. The molecule has 0 amide bonds. The van der Waals surface area contributed by atoms with Gasteiger partial charge in [0.2, 0.25) is 5.95 Å². The predicted molar refractivity (Wildman–Crippen MR) is 90.6 cm³/mol. The lowest BCUT2D eigenvalue weighted by atomic mass is 10.1. The van der Waals surface area contributed by atoms with E-state index in [-0.39, 0.29) is 5.95 Å². The van der Waals surface area contributed by atoms with Gasteiger partial charge in [-0.05, 0) is 23.8 Å². The van der Waals surface area contributed by atoms with E-state index in [4.69, 9.17) is 0 Å². The van der Waals surface area contributed by atoms with Gasteiger partial charge in [-0.25, -0.2) is 18.3 Å². The summed E-state index contributed by atoms with van der Waals surface area (Å²) >= 11 is 0. The van der Waals surface area contributed by atoms with Crippen LogP contribution in [0, 0.1) is 0 Å². The Bertz CT molecular complexity index is 1050. The first-order valence-electron chi connectivity index (χ1n) is 7.67. The quantitative estimate of drug-likeness (QED) is 0.617. The largest absolute Gasteiger partial charge is 0.347 e. The number of alkyl halides is 2. The van der Waals surface area contributed by atoms with Crippen molar-refractivity contribution < 1.29 is 8.78 Å². The molecule has 0 aliphatic heterocycles. The van der Waals surface area contributed by atoms with E-state index in [1.807, 2.05) is 24.3 Å². The molecule has 0 saturated heterocycles. The minimum Gasteiger partial charge on any atom is -0.347 e. The van der Waals surface area contributed by atoms with Crippen LogP contribution in [0.3, 0.4) is 0 Å².